The SMILES string of the molecule is CC(=O)c1ccc(OCC2(CBr)CCOCC2)cc1F. The van der Waals surface area contributed by atoms with Crippen molar-refractivity contribution in [2.45, 2.75) is 19.8 Å². The van der Waals surface area contributed by atoms with E-state index in [1.54, 1.807) is 6.07 Å². The highest BCUT2D eigenvalue weighted by molar-refractivity contribution is 9.09. The topological polar surface area (TPSA) is 35.5 Å². The normalized spacial score (nSPS) is 17.8. The monoisotopic (exact) mass is 344 g/mol. The van der Waals surface area contributed by atoms with Gasteiger partial charge >= 0.3 is 0 Å². The van der Waals surface area contributed by atoms with Crippen molar-refractivity contribution in [2.24, 2.45) is 5.41 Å². The van der Waals surface area contributed by atoms with Gasteiger partial charge in [0.05, 0.1) is 12.2 Å². The third kappa shape index (κ3) is 3.58. The van der Waals surface area contributed by atoms with Gasteiger partial charge in [-0.1, -0.05) is 15.9 Å². The van der Waals surface area contributed by atoms with Crippen molar-refractivity contribution in [3.05, 3.63) is 29.6 Å². The molecule has 1 fully saturated rings. The Labute approximate surface area is 126 Å². The highest BCUT2D eigenvalue weighted by Crippen LogP contribution is 2.33. The Bertz CT molecular complexity index is 484. The maximum Gasteiger partial charge on any atom is 0.162 e. The molecule has 1 aliphatic heterocycles. The Kier molecular flexibility index (Phi) is 5.16. The van der Waals surface area contributed by atoms with E-state index in [2.05, 4.69) is 15.9 Å². The number of hydrogen-bond acceptors (Lipinski definition) is 3. The van der Waals surface area contributed by atoms with Crippen molar-refractivity contribution in [3.63, 3.8) is 0 Å². The van der Waals surface area contributed by atoms with Crippen molar-refractivity contribution >= 4 is 21.7 Å². The van der Waals surface area contributed by atoms with Crippen LogP contribution in [0.2, 0.25) is 0 Å². The Balaban J connectivity index is 2.03. The predicted octanol–water partition coefficient (Wildman–Crippen LogP) is 3.60. The molecule has 0 N–H and O–H groups in total. The lowest BCUT2D eigenvalue weighted by Crippen LogP contribution is -2.36. The highest BCUT2D eigenvalue weighted by Gasteiger charge is 2.32. The van der Waals surface area contributed by atoms with E-state index in [9.17, 15) is 9.18 Å². The summed E-state index contributed by atoms with van der Waals surface area (Å²) in [6.07, 6.45) is 1.85. The maximum atomic E-state index is 13.7. The zero-order valence-electron chi connectivity index (χ0n) is 11.5. The summed E-state index contributed by atoms with van der Waals surface area (Å²) < 4.78 is 24.8. The standard InChI is InChI=1S/C15H18BrFO3/c1-11(18)13-3-2-12(8-14(13)17)20-10-15(9-16)4-6-19-7-5-15/h2-3,8H,4-7,9-10H2,1H3. The smallest absolute Gasteiger partial charge is 0.162 e. The molecule has 0 unspecified atom stereocenters. The van der Waals surface area contributed by atoms with Gasteiger partial charge in [0.15, 0.2) is 5.78 Å². The quantitative estimate of drug-likeness (QED) is 0.604. The van der Waals surface area contributed by atoms with Gasteiger partial charge in [-0.05, 0) is 31.9 Å². The van der Waals surface area contributed by atoms with Crippen LogP contribution in [0, 0.1) is 11.2 Å². The average molecular weight is 345 g/mol. The molecule has 1 heterocycles. The largest absolute Gasteiger partial charge is 0.493 e. The van der Waals surface area contributed by atoms with Crippen LogP contribution in [-0.2, 0) is 4.74 Å². The zero-order valence-corrected chi connectivity index (χ0v) is 13.0. The Hall–Kier alpha value is -0.940. The van der Waals surface area contributed by atoms with Crippen LogP contribution in [0.4, 0.5) is 4.39 Å². The highest BCUT2D eigenvalue weighted by atomic mass is 79.9. The lowest BCUT2D eigenvalue weighted by atomic mass is 9.83. The average Bonchev–Trinajstić information content (AvgIpc) is 2.46. The fourth-order valence-electron chi connectivity index (χ4n) is 2.23. The van der Waals surface area contributed by atoms with Gasteiger partial charge in [-0.3, -0.25) is 4.79 Å². The summed E-state index contributed by atoms with van der Waals surface area (Å²) in [5.41, 5.74) is 0.132. The molecule has 1 saturated heterocycles. The number of carbonyl (C=O) groups excluding carboxylic acids is 1. The van der Waals surface area contributed by atoms with E-state index >= 15 is 0 Å². The third-order valence-electron chi connectivity index (χ3n) is 3.70. The number of hydrogen-bond donors (Lipinski definition) is 0. The maximum absolute atomic E-state index is 13.7. The first-order chi connectivity index (χ1) is 9.56. The molecule has 0 spiro atoms. The molecule has 1 aliphatic rings. The number of halogens is 2. The molecule has 0 atom stereocenters. The molecule has 0 radical (unpaired) electrons. The van der Waals surface area contributed by atoms with Crippen LogP contribution in [0.5, 0.6) is 5.75 Å². The number of benzene rings is 1. The molecular weight excluding hydrogens is 327 g/mol. The molecule has 2 rings (SSSR count). The lowest BCUT2D eigenvalue weighted by Gasteiger charge is -2.35. The molecule has 20 heavy (non-hydrogen) atoms. The van der Waals surface area contributed by atoms with Crippen molar-refractivity contribution in [1.82, 2.24) is 0 Å². The Morgan fingerprint density at radius 3 is 2.70 bits per heavy atom. The molecule has 1 aromatic rings. The first kappa shape index (κ1) is 15.4. The van der Waals surface area contributed by atoms with Crippen LogP contribution in [0.1, 0.15) is 30.1 Å². The molecular formula is C15H18BrFO3. The second-order valence-corrected chi connectivity index (χ2v) is 5.79. The molecule has 0 bridgehead atoms. The second kappa shape index (κ2) is 6.68. The van der Waals surface area contributed by atoms with Gasteiger partial charge in [-0.2, -0.15) is 0 Å². The van der Waals surface area contributed by atoms with E-state index in [1.807, 2.05) is 0 Å². The van der Waals surface area contributed by atoms with E-state index in [0.717, 1.165) is 31.4 Å². The Morgan fingerprint density at radius 1 is 1.45 bits per heavy atom. The number of carbonyl (C=O) groups is 1. The molecule has 3 nitrogen and oxygen atoms in total. The number of alkyl halides is 1. The van der Waals surface area contributed by atoms with Gasteiger partial charge in [0.2, 0.25) is 0 Å². The molecule has 0 aliphatic carbocycles. The van der Waals surface area contributed by atoms with Crippen LogP contribution in [-0.4, -0.2) is 30.9 Å². The fourth-order valence-corrected chi connectivity index (χ4v) is 2.95. The summed E-state index contributed by atoms with van der Waals surface area (Å²) in [5.74, 6) is -0.357. The van der Waals surface area contributed by atoms with Crippen molar-refractivity contribution in [2.75, 3.05) is 25.2 Å². The van der Waals surface area contributed by atoms with Gasteiger partial charge in [0.25, 0.3) is 0 Å². The summed E-state index contributed by atoms with van der Waals surface area (Å²) in [5, 5.41) is 0.831. The van der Waals surface area contributed by atoms with Crippen molar-refractivity contribution < 1.29 is 18.7 Å². The van der Waals surface area contributed by atoms with Gasteiger partial charge < -0.3 is 9.47 Å². The predicted molar refractivity (Wildman–Crippen MR) is 78.2 cm³/mol. The van der Waals surface area contributed by atoms with Crippen LogP contribution >= 0.6 is 15.9 Å². The van der Waals surface area contributed by atoms with E-state index in [-0.39, 0.29) is 16.8 Å². The second-order valence-electron chi connectivity index (χ2n) is 5.23. The minimum atomic E-state index is -0.533. The number of ketones is 1. The molecule has 0 saturated carbocycles. The van der Waals surface area contributed by atoms with E-state index in [1.165, 1.54) is 19.1 Å². The Morgan fingerprint density at radius 2 is 2.15 bits per heavy atom. The summed E-state index contributed by atoms with van der Waals surface area (Å²) in [6.45, 7) is 3.32. The van der Waals surface area contributed by atoms with Crippen LogP contribution in [0.15, 0.2) is 18.2 Å². The van der Waals surface area contributed by atoms with Gasteiger partial charge in [-0.15, -0.1) is 0 Å². The van der Waals surface area contributed by atoms with Crippen LogP contribution in [0.25, 0.3) is 0 Å². The first-order valence-corrected chi connectivity index (χ1v) is 7.75. The number of ether oxygens (including phenoxy) is 2. The summed E-state index contributed by atoms with van der Waals surface area (Å²) in [6, 6.07) is 4.39. The molecule has 110 valence electrons. The summed E-state index contributed by atoms with van der Waals surface area (Å²) >= 11 is 3.53. The first-order valence-electron chi connectivity index (χ1n) is 6.63. The minimum absolute atomic E-state index is 0.0357. The van der Waals surface area contributed by atoms with Gasteiger partial charge in [0, 0.05) is 30.0 Å². The number of Topliss-reactive ketones (excluding diaryl/α,β-unsaturated/α-hetero) is 1. The summed E-state index contributed by atoms with van der Waals surface area (Å²) in [4.78, 5) is 11.2. The van der Waals surface area contributed by atoms with Crippen molar-refractivity contribution in [1.29, 1.82) is 0 Å². The molecule has 1 aromatic carbocycles. The lowest BCUT2D eigenvalue weighted by molar-refractivity contribution is 0.00349. The molecule has 0 aromatic heterocycles. The van der Waals surface area contributed by atoms with E-state index in [4.69, 9.17) is 9.47 Å². The van der Waals surface area contributed by atoms with Gasteiger partial charge in [0.1, 0.15) is 11.6 Å². The van der Waals surface area contributed by atoms with Crippen molar-refractivity contribution in [3.8, 4) is 5.75 Å². The van der Waals surface area contributed by atoms with E-state index < -0.39 is 5.82 Å². The van der Waals surface area contributed by atoms with Crippen LogP contribution in [0.3, 0.4) is 0 Å². The summed E-state index contributed by atoms with van der Waals surface area (Å²) in [7, 11) is 0. The van der Waals surface area contributed by atoms with Crippen LogP contribution < -0.4 is 4.74 Å². The fraction of sp³-hybridized carbons (Fsp3) is 0.533. The third-order valence-corrected chi connectivity index (χ3v) is 4.89. The number of rotatable bonds is 5. The zero-order chi connectivity index (χ0) is 14.6. The van der Waals surface area contributed by atoms with E-state index in [0.29, 0.717) is 12.4 Å². The molecule has 5 heteroatoms. The minimum Gasteiger partial charge on any atom is -0.493 e. The van der Waals surface area contributed by atoms with Gasteiger partial charge in [-0.25, -0.2) is 4.39 Å². The molecule has 0 amide bonds.